The zero-order chi connectivity index (χ0) is 27.7. The van der Waals surface area contributed by atoms with Crippen LogP contribution in [-0.4, -0.2) is 53.4 Å². The van der Waals surface area contributed by atoms with Crippen molar-refractivity contribution < 1.29 is 18.3 Å². The van der Waals surface area contributed by atoms with Crippen LogP contribution in [0.4, 0.5) is 0 Å². The van der Waals surface area contributed by atoms with Gasteiger partial charge in [0.1, 0.15) is 21.2 Å². The lowest BCUT2D eigenvalue weighted by molar-refractivity contribution is 0.0738. The van der Waals surface area contributed by atoms with Crippen molar-refractivity contribution in [2.45, 2.75) is 58.1 Å². The number of carbonyl (C=O) groups is 1. The van der Waals surface area contributed by atoms with Crippen molar-refractivity contribution in [1.82, 2.24) is 19.6 Å². The van der Waals surface area contributed by atoms with Crippen molar-refractivity contribution in [3.63, 3.8) is 0 Å². The molecule has 0 fully saturated rings. The summed E-state index contributed by atoms with van der Waals surface area (Å²) in [5, 5.41) is 10.7. The first kappa shape index (κ1) is 29.5. The standard InChI is InChI=1S/C25H30Cl2N4O4S2/c1-7-31(8-2)24(32)21-22(36-23(29-21)16-10-9-11-18(28-16)25(5,6)33)15-12-13-17(20(27)19(15)26)37(34,35)30-14(3)4/h9-14,30,33H,7-8H2,1-6H3. The van der Waals surface area contributed by atoms with Crippen LogP contribution in [0.1, 0.15) is 57.7 Å². The van der Waals surface area contributed by atoms with E-state index in [1.807, 2.05) is 13.8 Å². The number of pyridine rings is 1. The average molecular weight is 586 g/mol. The molecule has 2 heterocycles. The molecule has 0 unspecified atom stereocenters. The van der Waals surface area contributed by atoms with Crippen molar-refractivity contribution >= 4 is 50.5 Å². The second-order valence-electron chi connectivity index (χ2n) is 9.16. The van der Waals surface area contributed by atoms with Crippen LogP contribution < -0.4 is 4.72 Å². The van der Waals surface area contributed by atoms with Gasteiger partial charge in [-0.05, 0) is 59.7 Å². The van der Waals surface area contributed by atoms with Gasteiger partial charge in [0.2, 0.25) is 10.0 Å². The number of rotatable bonds is 9. The minimum absolute atomic E-state index is 0.00436. The summed E-state index contributed by atoms with van der Waals surface area (Å²) in [6.07, 6.45) is 0. The van der Waals surface area contributed by atoms with Crippen LogP contribution in [0.2, 0.25) is 10.0 Å². The van der Waals surface area contributed by atoms with E-state index in [0.717, 1.165) is 0 Å². The molecule has 0 saturated carbocycles. The number of hydrogen-bond acceptors (Lipinski definition) is 7. The van der Waals surface area contributed by atoms with Crippen LogP contribution in [0.5, 0.6) is 0 Å². The largest absolute Gasteiger partial charge is 0.384 e. The first-order chi connectivity index (χ1) is 17.2. The molecule has 8 nitrogen and oxygen atoms in total. The van der Waals surface area contributed by atoms with E-state index in [1.54, 1.807) is 50.8 Å². The third kappa shape index (κ3) is 6.32. The SMILES string of the molecule is CCN(CC)C(=O)c1nc(-c2cccc(C(C)(C)O)n2)sc1-c1ccc(S(=O)(=O)NC(C)C)c(Cl)c1Cl. The second kappa shape index (κ2) is 11.3. The van der Waals surface area contributed by atoms with E-state index >= 15 is 0 Å². The number of nitrogens with one attached hydrogen (secondary N) is 1. The molecule has 37 heavy (non-hydrogen) atoms. The molecule has 3 rings (SSSR count). The number of hydrogen-bond donors (Lipinski definition) is 2. The van der Waals surface area contributed by atoms with Crippen LogP contribution in [0.25, 0.3) is 21.1 Å². The lowest BCUT2D eigenvalue weighted by atomic mass is 10.0. The van der Waals surface area contributed by atoms with E-state index in [0.29, 0.717) is 39.9 Å². The maximum Gasteiger partial charge on any atom is 0.273 e. The summed E-state index contributed by atoms with van der Waals surface area (Å²) < 4.78 is 28.0. The number of thiazole rings is 1. The number of aliphatic hydroxyl groups is 1. The lowest BCUT2D eigenvalue weighted by Gasteiger charge is -2.18. The Hall–Kier alpha value is -2.08. The fourth-order valence-electron chi connectivity index (χ4n) is 3.60. The Kier molecular flexibility index (Phi) is 9.04. The predicted octanol–water partition coefficient (Wildman–Crippen LogP) is 5.58. The summed E-state index contributed by atoms with van der Waals surface area (Å²) in [5.74, 6) is -0.300. The molecule has 0 aliphatic carbocycles. The molecule has 0 aliphatic rings. The Labute approximate surface area is 231 Å². The van der Waals surface area contributed by atoms with E-state index in [2.05, 4.69) is 14.7 Å². The van der Waals surface area contributed by atoms with Gasteiger partial charge in [0.15, 0.2) is 0 Å². The highest BCUT2D eigenvalue weighted by Gasteiger charge is 2.29. The lowest BCUT2D eigenvalue weighted by Crippen LogP contribution is -2.31. The highest BCUT2D eigenvalue weighted by Crippen LogP contribution is 2.43. The van der Waals surface area contributed by atoms with Gasteiger partial charge in [-0.25, -0.2) is 23.1 Å². The van der Waals surface area contributed by atoms with Gasteiger partial charge in [-0.1, -0.05) is 35.3 Å². The van der Waals surface area contributed by atoms with Crippen molar-refractivity contribution in [1.29, 1.82) is 0 Å². The van der Waals surface area contributed by atoms with Gasteiger partial charge in [-0.15, -0.1) is 11.3 Å². The molecule has 2 aromatic heterocycles. The van der Waals surface area contributed by atoms with Gasteiger partial charge in [0.25, 0.3) is 5.91 Å². The van der Waals surface area contributed by atoms with Gasteiger partial charge in [-0.2, -0.15) is 0 Å². The molecule has 2 N–H and O–H groups in total. The van der Waals surface area contributed by atoms with E-state index in [4.69, 9.17) is 23.2 Å². The van der Waals surface area contributed by atoms with Crippen LogP contribution >= 0.6 is 34.5 Å². The number of halogens is 2. The second-order valence-corrected chi connectivity index (χ2v) is 12.6. The summed E-state index contributed by atoms with van der Waals surface area (Å²) in [5.41, 5.74) is 0.304. The first-order valence-electron chi connectivity index (χ1n) is 11.7. The normalized spacial score (nSPS) is 12.3. The molecular weight excluding hydrogens is 555 g/mol. The Bertz CT molecular complexity index is 1410. The molecule has 0 saturated heterocycles. The third-order valence-electron chi connectivity index (χ3n) is 5.45. The third-order valence-corrected chi connectivity index (χ3v) is 9.25. The van der Waals surface area contributed by atoms with Gasteiger partial charge >= 0.3 is 0 Å². The highest BCUT2D eigenvalue weighted by atomic mass is 35.5. The minimum Gasteiger partial charge on any atom is -0.384 e. The van der Waals surface area contributed by atoms with E-state index < -0.39 is 15.6 Å². The molecule has 200 valence electrons. The molecule has 0 atom stereocenters. The number of carbonyl (C=O) groups excluding carboxylic acids is 1. The molecule has 0 radical (unpaired) electrons. The van der Waals surface area contributed by atoms with Crippen LogP contribution in [0.3, 0.4) is 0 Å². The predicted molar refractivity (Wildman–Crippen MR) is 149 cm³/mol. The van der Waals surface area contributed by atoms with Gasteiger partial charge in [0, 0.05) is 24.7 Å². The zero-order valence-electron chi connectivity index (χ0n) is 21.5. The van der Waals surface area contributed by atoms with Crippen LogP contribution in [-0.2, 0) is 15.6 Å². The molecular formula is C25H30Cl2N4O4S2. The van der Waals surface area contributed by atoms with E-state index in [-0.39, 0.29) is 32.6 Å². The monoisotopic (exact) mass is 584 g/mol. The van der Waals surface area contributed by atoms with Crippen LogP contribution in [0, 0.1) is 0 Å². The summed E-state index contributed by atoms with van der Waals surface area (Å²) in [6, 6.07) is 7.77. The van der Waals surface area contributed by atoms with Crippen molar-refractivity contribution in [2.24, 2.45) is 0 Å². The van der Waals surface area contributed by atoms with E-state index in [1.165, 1.54) is 23.5 Å². The molecule has 3 aromatic rings. The molecule has 1 amide bonds. The van der Waals surface area contributed by atoms with Gasteiger partial charge in [0.05, 0.1) is 26.3 Å². The van der Waals surface area contributed by atoms with Gasteiger partial charge < -0.3 is 10.0 Å². The Morgan fingerprint density at radius 3 is 2.32 bits per heavy atom. The Balaban J connectivity index is 2.23. The number of benzene rings is 1. The zero-order valence-corrected chi connectivity index (χ0v) is 24.6. The summed E-state index contributed by atoms with van der Waals surface area (Å²) in [6.45, 7) is 11.3. The molecule has 0 bridgehead atoms. The van der Waals surface area contributed by atoms with Gasteiger partial charge in [-0.3, -0.25) is 4.79 Å². The maximum atomic E-state index is 13.4. The molecule has 1 aromatic carbocycles. The summed E-state index contributed by atoms with van der Waals surface area (Å²) >= 11 is 14.3. The fraction of sp³-hybridized carbons (Fsp3) is 0.400. The quantitative estimate of drug-likeness (QED) is 0.339. The maximum absolute atomic E-state index is 13.4. The summed E-state index contributed by atoms with van der Waals surface area (Å²) in [4.78, 5) is 24.5. The smallest absolute Gasteiger partial charge is 0.273 e. The summed E-state index contributed by atoms with van der Waals surface area (Å²) in [7, 11) is -3.90. The van der Waals surface area contributed by atoms with Crippen molar-refractivity contribution in [2.75, 3.05) is 13.1 Å². The first-order valence-corrected chi connectivity index (χ1v) is 14.8. The molecule has 12 heteroatoms. The van der Waals surface area contributed by atoms with E-state index in [9.17, 15) is 18.3 Å². The number of sulfonamides is 1. The van der Waals surface area contributed by atoms with Crippen LogP contribution in [0.15, 0.2) is 35.2 Å². The Morgan fingerprint density at radius 1 is 1.11 bits per heavy atom. The fourth-order valence-corrected chi connectivity index (χ4v) is 6.83. The number of amides is 1. The number of aromatic nitrogens is 2. The van der Waals surface area contributed by atoms with Crippen molar-refractivity contribution in [3.05, 3.63) is 51.8 Å². The molecule has 0 aliphatic heterocycles. The minimum atomic E-state index is -3.90. The average Bonchev–Trinajstić information content (AvgIpc) is 3.25. The Morgan fingerprint density at radius 2 is 1.76 bits per heavy atom. The number of nitrogens with zero attached hydrogens (tertiary/aromatic N) is 3. The highest BCUT2D eigenvalue weighted by molar-refractivity contribution is 7.89. The molecule has 0 spiro atoms. The van der Waals surface area contributed by atoms with Crippen molar-refractivity contribution in [3.8, 4) is 21.1 Å². The topological polar surface area (TPSA) is 112 Å².